The molecule has 2 saturated carbocycles. The summed E-state index contributed by atoms with van der Waals surface area (Å²) in [7, 11) is 4.04. The lowest BCUT2D eigenvalue weighted by atomic mass is 9.98. The summed E-state index contributed by atoms with van der Waals surface area (Å²) in [6.45, 7) is 1.97. The topological polar surface area (TPSA) is 40.5 Å². The first-order valence-corrected chi connectivity index (χ1v) is 10.5. The molecule has 25 heavy (non-hydrogen) atoms. The molecule has 140 valence electrons. The molecule has 0 unspecified atom stereocenters. The van der Waals surface area contributed by atoms with E-state index in [2.05, 4.69) is 22.3 Å². The van der Waals surface area contributed by atoms with Gasteiger partial charge in [0.2, 0.25) is 0 Å². The van der Waals surface area contributed by atoms with Gasteiger partial charge in [-0.05, 0) is 69.1 Å². The summed E-state index contributed by atoms with van der Waals surface area (Å²) in [6.07, 6.45) is 10.8. The SMILES string of the molecule is CN=C(NCC(C1CC1)C1CC1)N(C)Cc1nc2c(s1)CCCC2.I. The van der Waals surface area contributed by atoms with Crippen LogP contribution in [0.5, 0.6) is 0 Å². The van der Waals surface area contributed by atoms with Crippen LogP contribution in [0.15, 0.2) is 4.99 Å². The fourth-order valence-corrected chi connectivity index (χ4v) is 5.32. The molecule has 0 aromatic carbocycles. The molecule has 0 amide bonds. The maximum absolute atomic E-state index is 4.87. The number of fused-ring (bicyclic) bond motifs is 1. The van der Waals surface area contributed by atoms with E-state index in [0.29, 0.717) is 0 Å². The Labute approximate surface area is 172 Å². The fourth-order valence-electron chi connectivity index (χ4n) is 4.11. The molecule has 4 nitrogen and oxygen atoms in total. The standard InChI is InChI=1S/C19H30N4S.HI/c1-20-19(21-11-15(13-7-8-13)14-9-10-14)23(2)12-18-22-16-5-3-4-6-17(16)24-18;/h13-15H,3-12H2,1-2H3,(H,20,21);1H. The second-order valence-corrected chi connectivity index (χ2v) is 8.98. The highest BCUT2D eigenvalue weighted by atomic mass is 127. The number of halogens is 1. The predicted molar refractivity (Wildman–Crippen MR) is 116 cm³/mol. The maximum Gasteiger partial charge on any atom is 0.193 e. The van der Waals surface area contributed by atoms with E-state index in [0.717, 1.165) is 36.8 Å². The number of guanidine groups is 1. The summed E-state index contributed by atoms with van der Waals surface area (Å²) in [5.74, 6) is 3.87. The van der Waals surface area contributed by atoms with E-state index < -0.39 is 0 Å². The highest BCUT2D eigenvalue weighted by Crippen LogP contribution is 2.48. The molecule has 3 aliphatic rings. The van der Waals surface area contributed by atoms with E-state index in [4.69, 9.17) is 4.98 Å². The molecule has 0 atom stereocenters. The Hall–Kier alpha value is -0.370. The molecule has 0 saturated heterocycles. The zero-order valence-electron chi connectivity index (χ0n) is 15.5. The molecule has 4 rings (SSSR count). The van der Waals surface area contributed by atoms with Crippen molar-refractivity contribution in [1.29, 1.82) is 0 Å². The van der Waals surface area contributed by atoms with E-state index >= 15 is 0 Å². The van der Waals surface area contributed by atoms with Gasteiger partial charge < -0.3 is 10.2 Å². The first-order chi connectivity index (χ1) is 11.7. The van der Waals surface area contributed by atoms with Crippen LogP contribution in [0, 0.1) is 17.8 Å². The number of hydrogen-bond donors (Lipinski definition) is 1. The van der Waals surface area contributed by atoms with E-state index in [1.807, 2.05) is 18.4 Å². The third kappa shape index (κ3) is 4.87. The van der Waals surface area contributed by atoms with Crippen LogP contribution in [0.1, 0.15) is 54.1 Å². The quantitative estimate of drug-likeness (QED) is 0.384. The Morgan fingerprint density at radius 3 is 2.52 bits per heavy atom. The molecule has 1 aromatic heterocycles. The largest absolute Gasteiger partial charge is 0.356 e. The van der Waals surface area contributed by atoms with E-state index in [1.165, 1.54) is 66.9 Å². The van der Waals surface area contributed by atoms with Gasteiger partial charge in [-0.2, -0.15) is 0 Å². The molecule has 0 bridgehead atoms. The Kier molecular flexibility index (Phi) is 6.63. The van der Waals surface area contributed by atoms with Gasteiger partial charge in [-0.25, -0.2) is 4.98 Å². The summed E-state index contributed by atoms with van der Waals surface area (Å²) in [4.78, 5) is 13.1. The second kappa shape index (κ2) is 8.55. The number of thiazole rings is 1. The zero-order valence-corrected chi connectivity index (χ0v) is 18.6. The molecule has 1 aromatic rings. The molecule has 2 fully saturated rings. The Morgan fingerprint density at radius 2 is 1.92 bits per heavy atom. The van der Waals surface area contributed by atoms with Crippen molar-refractivity contribution in [1.82, 2.24) is 15.2 Å². The number of aliphatic imine (C=N–C) groups is 1. The monoisotopic (exact) mass is 474 g/mol. The van der Waals surface area contributed by atoms with Crippen molar-refractivity contribution in [3.63, 3.8) is 0 Å². The predicted octanol–water partition coefficient (Wildman–Crippen LogP) is 4.08. The van der Waals surface area contributed by atoms with Crippen molar-refractivity contribution in [3.8, 4) is 0 Å². The van der Waals surface area contributed by atoms with Crippen molar-refractivity contribution < 1.29 is 0 Å². The molecular weight excluding hydrogens is 443 g/mol. The number of aryl methyl sites for hydroxylation is 2. The van der Waals surface area contributed by atoms with Gasteiger partial charge in [-0.1, -0.05) is 0 Å². The molecule has 6 heteroatoms. The van der Waals surface area contributed by atoms with E-state index in [-0.39, 0.29) is 24.0 Å². The second-order valence-electron chi connectivity index (χ2n) is 7.81. The number of nitrogens with zero attached hydrogens (tertiary/aromatic N) is 3. The third-order valence-corrected chi connectivity index (χ3v) is 6.93. The summed E-state index contributed by atoms with van der Waals surface area (Å²) in [5, 5.41) is 4.89. The third-order valence-electron chi connectivity index (χ3n) is 5.79. The van der Waals surface area contributed by atoms with Gasteiger partial charge in [-0.15, -0.1) is 35.3 Å². The maximum atomic E-state index is 4.87. The van der Waals surface area contributed by atoms with Crippen LogP contribution in [0.3, 0.4) is 0 Å². The normalized spacial score (nSPS) is 20.2. The van der Waals surface area contributed by atoms with Crippen LogP contribution < -0.4 is 5.32 Å². The van der Waals surface area contributed by atoms with Crippen molar-refractivity contribution in [2.45, 2.75) is 57.9 Å². The first-order valence-electron chi connectivity index (χ1n) is 9.64. The van der Waals surface area contributed by atoms with Gasteiger partial charge in [-0.3, -0.25) is 4.99 Å². The summed E-state index contributed by atoms with van der Waals surface area (Å²) in [5.41, 5.74) is 1.36. The fraction of sp³-hybridized carbons (Fsp3) is 0.789. The molecule has 0 radical (unpaired) electrons. The van der Waals surface area contributed by atoms with E-state index in [9.17, 15) is 0 Å². The Morgan fingerprint density at radius 1 is 1.24 bits per heavy atom. The van der Waals surface area contributed by atoms with Gasteiger partial charge in [0, 0.05) is 25.5 Å². The minimum absolute atomic E-state index is 0. The van der Waals surface area contributed by atoms with Crippen molar-refractivity contribution in [3.05, 3.63) is 15.6 Å². The van der Waals surface area contributed by atoms with E-state index in [1.54, 1.807) is 0 Å². The average molecular weight is 474 g/mol. The first kappa shape index (κ1) is 19.4. The number of aromatic nitrogens is 1. The highest BCUT2D eigenvalue weighted by Gasteiger charge is 2.41. The summed E-state index contributed by atoms with van der Waals surface area (Å²) >= 11 is 1.91. The molecule has 3 aliphatic carbocycles. The average Bonchev–Trinajstić information content (AvgIpc) is 3.49. The van der Waals surface area contributed by atoms with Crippen LogP contribution in [0.4, 0.5) is 0 Å². The lowest BCUT2D eigenvalue weighted by Crippen LogP contribution is -2.41. The van der Waals surface area contributed by atoms with Crippen molar-refractivity contribution >= 4 is 41.3 Å². The van der Waals surface area contributed by atoms with Gasteiger partial charge in [0.05, 0.1) is 12.2 Å². The van der Waals surface area contributed by atoms with Crippen LogP contribution in [0.25, 0.3) is 0 Å². The van der Waals surface area contributed by atoms with Gasteiger partial charge in [0.15, 0.2) is 5.96 Å². The summed E-state index contributed by atoms with van der Waals surface area (Å²) in [6, 6.07) is 0. The molecule has 0 aliphatic heterocycles. The van der Waals surface area contributed by atoms with Gasteiger partial charge in [0.25, 0.3) is 0 Å². The number of nitrogens with one attached hydrogen (secondary N) is 1. The van der Waals surface area contributed by atoms with Gasteiger partial charge >= 0.3 is 0 Å². The number of hydrogen-bond acceptors (Lipinski definition) is 3. The molecule has 1 N–H and O–H groups in total. The minimum Gasteiger partial charge on any atom is -0.356 e. The van der Waals surface area contributed by atoms with Crippen LogP contribution in [-0.2, 0) is 19.4 Å². The molecule has 1 heterocycles. The van der Waals surface area contributed by atoms with Crippen molar-refractivity contribution in [2.75, 3.05) is 20.6 Å². The smallest absolute Gasteiger partial charge is 0.193 e. The molecule has 0 spiro atoms. The summed E-state index contributed by atoms with van der Waals surface area (Å²) < 4.78 is 0. The molecular formula is C19H31IN4S. The minimum atomic E-state index is 0. The lowest BCUT2D eigenvalue weighted by Gasteiger charge is -2.24. The Balaban J connectivity index is 0.00000182. The van der Waals surface area contributed by atoms with Crippen LogP contribution in [-0.4, -0.2) is 36.5 Å². The Bertz CT molecular complexity index is 571. The lowest BCUT2D eigenvalue weighted by molar-refractivity contribution is 0.387. The highest BCUT2D eigenvalue weighted by molar-refractivity contribution is 14.0. The zero-order chi connectivity index (χ0) is 16.5. The van der Waals surface area contributed by atoms with Gasteiger partial charge in [0.1, 0.15) is 5.01 Å². The van der Waals surface area contributed by atoms with Crippen LogP contribution in [0.2, 0.25) is 0 Å². The number of rotatable bonds is 6. The van der Waals surface area contributed by atoms with Crippen LogP contribution >= 0.6 is 35.3 Å². The van der Waals surface area contributed by atoms with Crippen molar-refractivity contribution in [2.24, 2.45) is 22.7 Å².